The molecular weight excluding hydrogens is 318 g/mol. The van der Waals surface area contributed by atoms with Crippen molar-refractivity contribution in [3.05, 3.63) is 59.8 Å². The molecule has 1 heterocycles. The number of aromatic nitrogens is 2. The summed E-state index contributed by atoms with van der Waals surface area (Å²) in [6.07, 6.45) is 0.888. The number of hydrogen-bond donors (Lipinski definition) is 1. The minimum Gasteiger partial charge on any atom is -0.325 e. The molecule has 0 fully saturated rings. The van der Waals surface area contributed by atoms with Crippen molar-refractivity contribution in [3.63, 3.8) is 0 Å². The van der Waals surface area contributed by atoms with E-state index in [-0.39, 0.29) is 5.91 Å². The van der Waals surface area contributed by atoms with Crippen LogP contribution in [0.4, 0.5) is 5.69 Å². The number of carbonyl (C=O) groups is 1. The van der Waals surface area contributed by atoms with Crippen molar-refractivity contribution < 1.29 is 4.79 Å². The van der Waals surface area contributed by atoms with E-state index in [1.54, 1.807) is 0 Å². The number of nitrogens with zero attached hydrogens (tertiary/aromatic N) is 2. The molecule has 3 aromatic rings. The minimum absolute atomic E-state index is 0.0322. The van der Waals surface area contributed by atoms with Gasteiger partial charge in [-0.05, 0) is 37.1 Å². The van der Waals surface area contributed by atoms with Gasteiger partial charge in [-0.2, -0.15) is 0 Å². The highest BCUT2D eigenvalue weighted by molar-refractivity contribution is 8.00. The Morgan fingerprint density at radius 3 is 2.46 bits per heavy atom. The third-order valence-electron chi connectivity index (χ3n) is 3.71. The summed E-state index contributed by atoms with van der Waals surface area (Å²) in [5.41, 5.74) is 4.59. The van der Waals surface area contributed by atoms with Crippen LogP contribution in [0.2, 0.25) is 0 Å². The van der Waals surface area contributed by atoms with Crippen molar-refractivity contribution in [1.82, 2.24) is 9.97 Å². The summed E-state index contributed by atoms with van der Waals surface area (Å²) in [5, 5.41) is 3.78. The molecule has 5 heteroatoms. The molecule has 0 aliphatic rings. The molecule has 0 aliphatic carbocycles. The Morgan fingerprint density at radius 1 is 1.04 bits per heavy atom. The molecule has 0 spiro atoms. The number of benzene rings is 2. The van der Waals surface area contributed by atoms with E-state index in [4.69, 9.17) is 0 Å². The number of amides is 1. The van der Waals surface area contributed by atoms with Crippen LogP contribution in [-0.2, 0) is 11.2 Å². The fraction of sp³-hybridized carbons (Fsp3) is 0.211. The smallest absolute Gasteiger partial charge is 0.234 e. The maximum absolute atomic E-state index is 12.2. The first-order chi connectivity index (χ1) is 11.7. The zero-order chi connectivity index (χ0) is 16.9. The lowest BCUT2D eigenvalue weighted by molar-refractivity contribution is -0.113. The SMILES string of the molecule is CCc1ccccc1NC(=O)CSc1nc2ccccc2nc1C. The van der Waals surface area contributed by atoms with Gasteiger partial charge in [0.05, 0.1) is 22.5 Å². The van der Waals surface area contributed by atoms with E-state index in [1.165, 1.54) is 11.8 Å². The van der Waals surface area contributed by atoms with Crippen molar-refractivity contribution in [3.8, 4) is 0 Å². The second-order valence-electron chi connectivity index (χ2n) is 5.45. The molecule has 0 saturated heterocycles. The van der Waals surface area contributed by atoms with Gasteiger partial charge in [0.25, 0.3) is 0 Å². The van der Waals surface area contributed by atoms with Crippen LogP contribution >= 0.6 is 11.8 Å². The molecule has 4 nitrogen and oxygen atoms in total. The topological polar surface area (TPSA) is 54.9 Å². The molecule has 0 atom stereocenters. The highest BCUT2D eigenvalue weighted by atomic mass is 32.2. The Balaban J connectivity index is 1.69. The number of aryl methyl sites for hydroxylation is 2. The summed E-state index contributed by atoms with van der Waals surface area (Å²) in [5.74, 6) is 0.279. The van der Waals surface area contributed by atoms with Gasteiger partial charge in [-0.3, -0.25) is 4.79 Å². The average molecular weight is 337 g/mol. The molecule has 0 saturated carbocycles. The molecular formula is C19H19N3OS. The number of nitrogens with one attached hydrogen (secondary N) is 1. The largest absolute Gasteiger partial charge is 0.325 e. The van der Waals surface area contributed by atoms with Crippen molar-refractivity contribution in [1.29, 1.82) is 0 Å². The second kappa shape index (κ2) is 7.45. The number of thioether (sulfide) groups is 1. The van der Waals surface area contributed by atoms with Crippen LogP contribution in [0.25, 0.3) is 11.0 Å². The van der Waals surface area contributed by atoms with Gasteiger partial charge in [-0.1, -0.05) is 49.0 Å². The Morgan fingerprint density at radius 2 is 1.71 bits per heavy atom. The maximum Gasteiger partial charge on any atom is 0.234 e. The van der Waals surface area contributed by atoms with E-state index < -0.39 is 0 Å². The summed E-state index contributed by atoms with van der Waals surface area (Å²) >= 11 is 1.42. The van der Waals surface area contributed by atoms with Crippen molar-refractivity contribution >= 4 is 34.4 Å². The first kappa shape index (κ1) is 16.5. The maximum atomic E-state index is 12.2. The van der Waals surface area contributed by atoms with E-state index in [9.17, 15) is 4.79 Å². The summed E-state index contributed by atoms with van der Waals surface area (Å²) in [4.78, 5) is 21.4. The Bertz CT molecular complexity index is 879. The highest BCUT2D eigenvalue weighted by Gasteiger charge is 2.10. The van der Waals surface area contributed by atoms with Crippen LogP contribution in [0.3, 0.4) is 0 Å². The predicted molar refractivity (Wildman–Crippen MR) is 99.4 cm³/mol. The minimum atomic E-state index is -0.0322. The molecule has 1 aromatic heterocycles. The average Bonchev–Trinajstić information content (AvgIpc) is 2.60. The first-order valence-electron chi connectivity index (χ1n) is 7.91. The highest BCUT2D eigenvalue weighted by Crippen LogP contribution is 2.22. The summed E-state index contributed by atoms with van der Waals surface area (Å²) in [6.45, 7) is 4.00. The number of fused-ring (bicyclic) bond motifs is 1. The van der Waals surface area contributed by atoms with Gasteiger partial charge < -0.3 is 5.32 Å². The summed E-state index contributed by atoms with van der Waals surface area (Å²) in [6, 6.07) is 15.6. The number of hydrogen-bond acceptors (Lipinski definition) is 4. The van der Waals surface area contributed by atoms with Crippen LogP contribution in [0.15, 0.2) is 53.6 Å². The van der Waals surface area contributed by atoms with Crippen LogP contribution < -0.4 is 5.32 Å². The van der Waals surface area contributed by atoms with E-state index in [0.717, 1.165) is 39.4 Å². The van der Waals surface area contributed by atoms with Crippen LogP contribution in [0.5, 0.6) is 0 Å². The molecule has 0 radical (unpaired) electrons. The zero-order valence-electron chi connectivity index (χ0n) is 13.7. The van der Waals surface area contributed by atoms with Gasteiger partial charge >= 0.3 is 0 Å². The molecule has 122 valence electrons. The Kier molecular flexibility index (Phi) is 5.11. The lowest BCUT2D eigenvalue weighted by Crippen LogP contribution is -2.15. The van der Waals surface area contributed by atoms with E-state index in [2.05, 4.69) is 22.2 Å². The first-order valence-corrected chi connectivity index (χ1v) is 8.90. The number of anilines is 1. The monoisotopic (exact) mass is 337 g/mol. The van der Waals surface area contributed by atoms with Crippen LogP contribution in [0.1, 0.15) is 18.2 Å². The summed E-state index contributed by atoms with van der Waals surface area (Å²) in [7, 11) is 0. The standard InChI is InChI=1S/C19H19N3OS/c1-3-14-8-4-5-9-15(14)21-18(23)12-24-19-13(2)20-16-10-6-7-11-17(16)22-19/h4-11H,3,12H2,1-2H3,(H,21,23). The number of carbonyl (C=O) groups excluding carboxylic acids is 1. The molecule has 3 rings (SSSR count). The van der Waals surface area contributed by atoms with Gasteiger partial charge in [0.15, 0.2) is 0 Å². The third kappa shape index (κ3) is 3.74. The van der Waals surface area contributed by atoms with Crippen molar-refractivity contribution in [2.75, 3.05) is 11.1 Å². The van der Waals surface area contributed by atoms with E-state index in [0.29, 0.717) is 5.75 Å². The Hall–Kier alpha value is -2.40. The Labute approximate surface area is 145 Å². The molecule has 2 aromatic carbocycles. The molecule has 0 aliphatic heterocycles. The quantitative estimate of drug-likeness (QED) is 0.708. The second-order valence-corrected chi connectivity index (χ2v) is 6.41. The van der Waals surface area contributed by atoms with E-state index >= 15 is 0 Å². The normalized spacial score (nSPS) is 10.8. The third-order valence-corrected chi connectivity index (χ3v) is 4.78. The summed E-state index contributed by atoms with van der Waals surface area (Å²) < 4.78 is 0. The number of rotatable bonds is 5. The fourth-order valence-electron chi connectivity index (χ4n) is 2.48. The predicted octanol–water partition coefficient (Wildman–Crippen LogP) is 4.23. The van der Waals surface area contributed by atoms with Gasteiger partial charge in [-0.25, -0.2) is 9.97 Å². The molecule has 0 bridgehead atoms. The zero-order valence-corrected chi connectivity index (χ0v) is 14.6. The van der Waals surface area contributed by atoms with Gasteiger partial charge in [0, 0.05) is 5.69 Å². The van der Waals surface area contributed by atoms with Gasteiger partial charge in [0.2, 0.25) is 5.91 Å². The van der Waals surface area contributed by atoms with Crippen LogP contribution in [-0.4, -0.2) is 21.6 Å². The number of para-hydroxylation sites is 3. The lowest BCUT2D eigenvalue weighted by Gasteiger charge is -2.10. The lowest BCUT2D eigenvalue weighted by atomic mass is 10.1. The van der Waals surface area contributed by atoms with Gasteiger partial charge in [-0.15, -0.1) is 0 Å². The molecule has 24 heavy (non-hydrogen) atoms. The van der Waals surface area contributed by atoms with Gasteiger partial charge in [0.1, 0.15) is 5.03 Å². The molecule has 1 N–H and O–H groups in total. The molecule has 1 amide bonds. The van der Waals surface area contributed by atoms with Crippen LogP contribution in [0, 0.1) is 6.92 Å². The fourth-order valence-corrected chi connectivity index (χ4v) is 3.24. The van der Waals surface area contributed by atoms with E-state index in [1.807, 2.05) is 55.5 Å². The molecule has 0 unspecified atom stereocenters. The van der Waals surface area contributed by atoms with Crippen molar-refractivity contribution in [2.45, 2.75) is 25.3 Å². The van der Waals surface area contributed by atoms with Crippen molar-refractivity contribution in [2.24, 2.45) is 0 Å².